The lowest BCUT2D eigenvalue weighted by Crippen LogP contribution is -2.52. The van der Waals surface area contributed by atoms with Crippen LogP contribution in [-0.2, 0) is 24.3 Å². The van der Waals surface area contributed by atoms with Crippen LogP contribution in [0.4, 0.5) is 0 Å². The minimum absolute atomic E-state index is 0.00482. The van der Waals surface area contributed by atoms with Crippen molar-refractivity contribution in [1.82, 2.24) is 10.0 Å². The molecule has 0 spiro atoms. The zero-order valence-corrected chi connectivity index (χ0v) is 18.2. The summed E-state index contributed by atoms with van der Waals surface area (Å²) in [5.74, 6) is -0.0542. The number of carbonyl (C=O) groups excluding carboxylic acids is 1. The van der Waals surface area contributed by atoms with E-state index in [0.29, 0.717) is 50.9 Å². The zero-order chi connectivity index (χ0) is 21.6. The molecule has 1 amide bonds. The molecular formula is C21H32N2O6S. The fraction of sp³-hybridized carbons (Fsp3) is 0.667. The zero-order valence-electron chi connectivity index (χ0n) is 17.4. The second-order valence-electron chi connectivity index (χ2n) is 8.01. The Labute approximate surface area is 178 Å². The molecule has 2 aliphatic rings. The van der Waals surface area contributed by atoms with E-state index >= 15 is 0 Å². The first-order chi connectivity index (χ1) is 14.4. The summed E-state index contributed by atoms with van der Waals surface area (Å²) in [6.45, 7) is 3.02. The molecule has 2 saturated heterocycles. The Morgan fingerprint density at radius 3 is 2.60 bits per heavy atom. The molecule has 3 N–H and O–H groups in total. The van der Waals surface area contributed by atoms with Crippen LogP contribution in [0.3, 0.4) is 0 Å². The first-order valence-corrected chi connectivity index (χ1v) is 12.1. The van der Waals surface area contributed by atoms with Crippen LogP contribution in [0.15, 0.2) is 29.2 Å². The number of nitrogens with one attached hydrogen (secondary N) is 2. The molecule has 0 saturated carbocycles. The van der Waals surface area contributed by atoms with Crippen molar-refractivity contribution in [2.75, 3.05) is 26.4 Å². The summed E-state index contributed by atoms with van der Waals surface area (Å²) in [6.07, 6.45) is 2.66. The van der Waals surface area contributed by atoms with E-state index in [9.17, 15) is 18.3 Å². The Balaban J connectivity index is 1.47. The predicted octanol–water partition coefficient (Wildman–Crippen LogP) is 1.11. The molecule has 1 aromatic rings. The van der Waals surface area contributed by atoms with Gasteiger partial charge in [0.2, 0.25) is 15.9 Å². The molecule has 3 rings (SSSR count). The maximum atomic E-state index is 12.5. The lowest BCUT2D eigenvalue weighted by atomic mass is 9.94. The van der Waals surface area contributed by atoms with Gasteiger partial charge < -0.3 is 19.9 Å². The molecular weight excluding hydrogens is 408 g/mol. The monoisotopic (exact) mass is 440 g/mol. The Morgan fingerprint density at radius 2 is 1.90 bits per heavy atom. The Kier molecular flexibility index (Phi) is 8.24. The second-order valence-corrected chi connectivity index (χ2v) is 9.75. The van der Waals surface area contributed by atoms with Crippen molar-refractivity contribution in [3.8, 4) is 0 Å². The van der Waals surface area contributed by atoms with Gasteiger partial charge in [-0.25, -0.2) is 13.1 Å². The third-order valence-corrected chi connectivity index (χ3v) is 7.48. The third-order valence-electron chi connectivity index (χ3n) is 5.86. The molecule has 0 radical (unpaired) electrons. The van der Waals surface area contributed by atoms with Crippen molar-refractivity contribution >= 4 is 15.9 Å². The Morgan fingerprint density at radius 1 is 1.17 bits per heavy atom. The van der Waals surface area contributed by atoms with Crippen molar-refractivity contribution in [3.05, 3.63) is 29.8 Å². The van der Waals surface area contributed by atoms with E-state index in [1.807, 2.05) is 0 Å². The number of aliphatic hydroxyl groups excluding tert-OH is 1. The average molecular weight is 441 g/mol. The van der Waals surface area contributed by atoms with Crippen LogP contribution in [0, 0.1) is 12.8 Å². The topological polar surface area (TPSA) is 114 Å². The van der Waals surface area contributed by atoms with Gasteiger partial charge in [-0.3, -0.25) is 4.79 Å². The van der Waals surface area contributed by atoms with Gasteiger partial charge in [-0.05, 0) is 50.7 Å². The van der Waals surface area contributed by atoms with Crippen LogP contribution in [0.2, 0.25) is 0 Å². The van der Waals surface area contributed by atoms with Crippen molar-refractivity contribution in [2.45, 2.75) is 62.2 Å². The van der Waals surface area contributed by atoms with Gasteiger partial charge in [0.1, 0.15) is 6.10 Å². The highest BCUT2D eigenvalue weighted by molar-refractivity contribution is 7.89. The van der Waals surface area contributed by atoms with E-state index < -0.39 is 16.1 Å². The van der Waals surface area contributed by atoms with Crippen molar-refractivity contribution in [1.29, 1.82) is 0 Å². The normalized spacial score (nSPS) is 25.7. The summed E-state index contributed by atoms with van der Waals surface area (Å²) in [6, 6.07) is 6.62. The van der Waals surface area contributed by atoms with Crippen LogP contribution in [0.25, 0.3) is 0 Å². The highest BCUT2D eigenvalue weighted by Gasteiger charge is 2.33. The number of aliphatic hydroxyl groups is 1. The number of hydrogen-bond acceptors (Lipinski definition) is 6. The van der Waals surface area contributed by atoms with Crippen molar-refractivity contribution in [3.63, 3.8) is 0 Å². The number of carbonyl (C=O) groups is 1. The summed E-state index contributed by atoms with van der Waals surface area (Å²) >= 11 is 0. The van der Waals surface area contributed by atoms with Crippen LogP contribution in [0.1, 0.15) is 37.7 Å². The standard InChI is InChI=1S/C21H32N2O6S/c1-15-4-2-3-5-20(15)30(26,27)22-11-8-17-6-7-18(19(14-24)29-17)23-21(25)16-9-12-28-13-10-16/h2-5,16-19,22,24H,6-14H2,1H3,(H,23,25)/t17-,18+,19+/m1/s1. The summed E-state index contributed by atoms with van der Waals surface area (Å²) in [7, 11) is -3.57. The number of aryl methyl sites for hydroxylation is 1. The molecule has 0 bridgehead atoms. The summed E-state index contributed by atoms with van der Waals surface area (Å²) in [5.41, 5.74) is 0.697. The lowest BCUT2D eigenvalue weighted by Gasteiger charge is -2.37. The highest BCUT2D eigenvalue weighted by atomic mass is 32.2. The van der Waals surface area contributed by atoms with Gasteiger partial charge in [-0.15, -0.1) is 0 Å². The maximum absolute atomic E-state index is 12.5. The first-order valence-electron chi connectivity index (χ1n) is 10.6. The van der Waals surface area contributed by atoms with Gasteiger partial charge in [-0.2, -0.15) is 0 Å². The summed E-state index contributed by atoms with van der Waals surface area (Å²) in [4.78, 5) is 12.7. The number of ether oxygens (including phenoxy) is 2. The molecule has 8 nitrogen and oxygen atoms in total. The molecule has 168 valence electrons. The van der Waals surface area contributed by atoms with Crippen LogP contribution >= 0.6 is 0 Å². The molecule has 3 atom stereocenters. The summed E-state index contributed by atoms with van der Waals surface area (Å²) in [5, 5.41) is 12.8. The molecule has 2 heterocycles. The summed E-state index contributed by atoms with van der Waals surface area (Å²) < 4.78 is 38.9. The van der Waals surface area contributed by atoms with Gasteiger partial charge in [0, 0.05) is 25.7 Å². The fourth-order valence-electron chi connectivity index (χ4n) is 4.06. The Hall–Kier alpha value is -1.52. The molecule has 0 aliphatic carbocycles. The fourth-order valence-corrected chi connectivity index (χ4v) is 5.35. The van der Waals surface area contributed by atoms with E-state index in [-0.39, 0.29) is 42.0 Å². The smallest absolute Gasteiger partial charge is 0.240 e. The van der Waals surface area contributed by atoms with E-state index in [1.165, 1.54) is 0 Å². The molecule has 2 fully saturated rings. The molecule has 9 heteroatoms. The molecule has 1 aromatic carbocycles. The molecule has 0 unspecified atom stereocenters. The van der Waals surface area contributed by atoms with Gasteiger partial charge in [0.05, 0.1) is 23.6 Å². The average Bonchev–Trinajstić information content (AvgIpc) is 2.75. The third kappa shape index (κ3) is 6.01. The van der Waals surface area contributed by atoms with Gasteiger partial charge >= 0.3 is 0 Å². The number of rotatable bonds is 8. The number of amides is 1. The number of sulfonamides is 1. The predicted molar refractivity (Wildman–Crippen MR) is 111 cm³/mol. The number of benzene rings is 1. The number of hydrogen-bond donors (Lipinski definition) is 3. The van der Waals surface area contributed by atoms with E-state index in [1.54, 1.807) is 31.2 Å². The molecule has 30 heavy (non-hydrogen) atoms. The maximum Gasteiger partial charge on any atom is 0.240 e. The lowest BCUT2D eigenvalue weighted by molar-refractivity contribution is -0.134. The quantitative estimate of drug-likeness (QED) is 0.558. The van der Waals surface area contributed by atoms with E-state index in [0.717, 1.165) is 0 Å². The van der Waals surface area contributed by atoms with Gasteiger partial charge in [-0.1, -0.05) is 18.2 Å². The van der Waals surface area contributed by atoms with E-state index in [4.69, 9.17) is 9.47 Å². The first kappa shape index (κ1) is 23.1. The minimum Gasteiger partial charge on any atom is -0.394 e. The highest BCUT2D eigenvalue weighted by Crippen LogP contribution is 2.23. The largest absolute Gasteiger partial charge is 0.394 e. The van der Waals surface area contributed by atoms with Crippen molar-refractivity contribution < 1.29 is 27.8 Å². The Bertz CT molecular complexity index is 809. The molecule has 2 aliphatic heterocycles. The van der Waals surface area contributed by atoms with Crippen LogP contribution in [0.5, 0.6) is 0 Å². The van der Waals surface area contributed by atoms with Crippen molar-refractivity contribution in [2.24, 2.45) is 5.92 Å². The molecule has 0 aromatic heterocycles. The second kappa shape index (κ2) is 10.7. The SMILES string of the molecule is Cc1ccccc1S(=O)(=O)NCC[C@H]1CC[C@H](NC(=O)C2CCOCC2)[C@H](CO)O1. The van der Waals surface area contributed by atoms with Crippen LogP contribution in [-0.4, -0.2) is 64.0 Å². The van der Waals surface area contributed by atoms with Gasteiger partial charge in [0.15, 0.2) is 0 Å². The minimum atomic E-state index is -3.57. The van der Waals surface area contributed by atoms with E-state index in [2.05, 4.69) is 10.0 Å². The van der Waals surface area contributed by atoms with Crippen LogP contribution < -0.4 is 10.0 Å². The van der Waals surface area contributed by atoms with Gasteiger partial charge in [0.25, 0.3) is 0 Å².